The first kappa shape index (κ1) is 19.2. The van der Waals surface area contributed by atoms with Gasteiger partial charge in [0.2, 0.25) is 5.78 Å². The van der Waals surface area contributed by atoms with E-state index in [2.05, 4.69) is 5.32 Å². The average Bonchev–Trinajstić information content (AvgIpc) is 2.86. The second-order valence-corrected chi connectivity index (χ2v) is 6.01. The molecule has 0 saturated carbocycles. The van der Waals surface area contributed by atoms with E-state index >= 15 is 0 Å². The molecule has 1 aromatic rings. The van der Waals surface area contributed by atoms with Gasteiger partial charge in [0.05, 0.1) is 24.3 Å². The number of nitrogens with one attached hydrogen (secondary N) is 1. The second kappa shape index (κ2) is 8.85. The lowest BCUT2D eigenvalue weighted by Gasteiger charge is -2.15. The molecule has 5 nitrogen and oxygen atoms in total. The highest BCUT2D eigenvalue weighted by atomic mass is 35.5. The molecule has 1 heterocycles. The molecule has 1 aromatic carbocycles. The number of methoxy groups -OCH3 is 1. The zero-order chi connectivity index (χ0) is 18.4. The van der Waals surface area contributed by atoms with Crippen molar-refractivity contribution in [3.8, 4) is 5.75 Å². The van der Waals surface area contributed by atoms with E-state index in [4.69, 9.17) is 21.1 Å². The fourth-order valence-corrected chi connectivity index (χ4v) is 2.86. The van der Waals surface area contributed by atoms with Gasteiger partial charge in [-0.15, -0.1) is 0 Å². The zero-order valence-corrected chi connectivity index (χ0v) is 15.0. The number of Topliss-reactive ketones (excluding diaryl/α,β-unsaturated/α-hetero) is 1. The summed E-state index contributed by atoms with van der Waals surface area (Å²) in [7, 11) is 1.35. The van der Waals surface area contributed by atoms with Crippen molar-refractivity contribution in [1.82, 2.24) is 5.32 Å². The maximum Gasteiger partial charge on any atom is 0.343 e. The van der Waals surface area contributed by atoms with Gasteiger partial charge in [0.15, 0.2) is 0 Å². The van der Waals surface area contributed by atoms with E-state index < -0.39 is 17.6 Å². The predicted molar refractivity (Wildman–Crippen MR) is 92.4 cm³/mol. The summed E-state index contributed by atoms with van der Waals surface area (Å²) in [6, 6.07) is 2.21. The van der Waals surface area contributed by atoms with Crippen LogP contribution in [0.1, 0.15) is 43.0 Å². The maximum absolute atomic E-state index is 13.9. The third-order valence-corrected chi connectivity index (χ3v) is 4.23. The molecule has 25 heavy (non-hydrogen) atoms. The number of rotatable bonds is 5. The molecule has 0 radical (unpaired) electrons. The lowest BCUT2D eigenvalue weighted by molar-refractivity contribution is -0.138. The van der Waals surface area contributed by atoms with Crippen LogP contribution in [-0.4, -0.2) is 32.0 Å². The Morgan fingerprint density at radius 1 is 1.28 bits per heavy atom. The Morgan fingerprint density at radius 2 is 2.04 bits per heavy atom. The van der Waals surface area contributed by atoms with Gasteiger partial charge >= 0.3 is 5.97 Å². The summed E-state index contributed by atoms with van der Waals surface area (Å²) >= 11 is 5.75. The Morgan fingerprint density at radius 3 is 2.72 bits per heavy atom. The third-order valence-electron chi connectivity index (χ3n) is 3.94. The van der Waals surface area contributed by atoms with Gasteiger partial charge in [0.25, 0.3) is 0 Å². The number of carbonyl (C=O) groups excluding carboxylic acids is 2. The van der Waals surface area contributed by atoms with Gasteiger partial charge in [-0.1, -0.05) is 18.0 Å². The van der Waals surface area contributed by atoms with Crippen LogP contribution in [0, 0.1) is 5.82 Å². The Hall–Kier alpha value is -2.08. The van der Waals surface area contributed by atoms with Gasteiger partial charge in [-0.25, -0.2) is 9.18 Å². The molecule has 0 aromatic heterocycles. The molecule has 0 atom stereocenters. The number of allylic oxidation sites excluding steroid dienone is 1. The molecule has 136 valence electrons. The summed E-state index contributed by atoms with van der Waals surface area (Å²) in [6.45, 7) is 2.46. The fraction of sp³-hybridized carbons (Fsp3) is 0.444. The van der Waals surface area contributed by atoms with Crippen molar-refractivity contribution in [3.63, 3.8) is 0 Å². The number of ether oxygens (including phenoxy) is 2. The monoisotopic (exact) mass is 369 g/mol. The van der Waals surface area contributed by atoms with Crippen LogP contribution < -0.4 is 10.1 Å². The Balaban J connectivity index is 2.54. The van der Waals surface area contributed by atoms with Gasteiger partial charge in [0.1, 0.15) is 17.1 Å². The molecule has 0 amide bonds. The standard InChI is InChI=1S/C18H21ClFNO4/c1-3-25-18(23)16(14-7-5-4-6-8-21-14)17(22)11-9-13(20)12(19)10-15(11)24-2/h9-10,21H,3-8H2,1-2H3/b16-14+. The number of benzene rings is 1. The first-order valence-electron chi connectivity index (χ1n) is 8.21. The van der Waals surface area contributed by atoms with E-state index in [0.29, 0.717) is 18.7 Å². The van der Waals surface area contributed by atoms with Crippen LogP contribution in [0.2, 0.25) is 5.02 Å². The minimum absolute atomic E-state index is 0.0639. The summed E-state index contributed by atoms with van der Waals surface area (Å²) < 4.78 is 24.1. The predicted octanol–water partition coefficient (Wildman–Crippen LogP) is 3.65. The molecular formula is C18H21ClFNO4. The molecule has 1 fully saturated rings. The van der Waals surface area contributed by atoms with Crippen molar-refractivity contribution in [2.24, 2.45) is 0 Å². The van der Waals surface area contributed by atoms with E-state index in [-0.39, 0.29) is 28.5 Å². The van der Waals surface area contributed by atoms with E-state index in [1.165, 1.54) is 13.2 Å². The third kappa shape index (κ3) is 4.51. The molecular weight excluding hydrogens is 349 g/mol. The molecule has 1 aliphatic rings. The van der Waals surface area contributed by atoms with Crippen LogP contribution in [0.15, 0.2) is 23.4 Å². The quantitative estimate of drug-likeness (QED) is 0.282. The van der Waals surface area contributed by atoms with E-state index in [1.54, 1.807) is 6.92 Å². The first-order valence-corrected chi connectivity index (χ1v) is 8.59. The Kier molecular flexibility index (Phi) is 6.82. The number of ketones is 1. The van der Waals surface area contributed by atoms with Gasteiger partial charge in [-0.3, -0.25) is 4.79 Å². The molecule has 0 bridgehead atoms. The van der Waals surface area contributed by atoms with E-state index in [0.717, 1.165) is 25.3 Å². The summed E-state index contributed by atoms with van der Waals surface area (Å²) in [5.74, 6) is -2.02. The van der Waals surface area contributed by atoms with Crippen molar-refractivity contribution >= 4 is 23.4 Å². The average molecular weight is 370 g/mol. The molecule has 0 aliphatic carbocycles. The summed E-state index contributed by atoms with van der Waals surface area (Å²) in [6.07, 6.45) is 3.36. The summed E-state index contributed by atoms with van der Waals surface area (Å²) in [4.78, 5) is 25.4. The zero-order valence-electron chi connectivity index (χ0n) is 14.3. The van der Waals surface area contributed by atoms with Crippen LogP contribution >= 0.6 is 11.6 Å². The van der Waals surface area contributed by atoms with Crippen molar-refractivity contribution in [1.29, 1.82) is 0 Å². The molecule has 2 rings (SSSR count). The van der Waals surface area contributed by atoms with E-state index in [9.17, 15) is 14.0 Å². The molecule has 1 aliphatic heterocycles. The lowest BCUT2D eigenvalue weighted by Crippen LogP contribution is -2.25. The van der Waals surface area contributed by atoms with Crippen molar-refractivity contribution in [3.05, 3.63) is 39.8 Å². The number of halogens is 2. The molecule has 7 heteroatoms. The molecule has 1 saturated heterocycles. The number of carbonyl (C=O) groups is 2. The highest BCUT2D eigenvalue weighted by Gasteiger charge is 2.29. The van der Waals surface area contributed by atoms with Crippen molar-refractivity contribution < 1.29 is 23.5 Å². The summed E-state index contributed by atoms with van der Waals surface area (Å²) in [5, 5.41) is 2.97. The van der Waals surface area contributed by atoms with Crippen LogP contribution in [0.5, 0.6) is 5.75 Å². The molecule has 1 N–H and O–H groups in total. The minimum Gasteiger partial charge on any atom is -0.496 e. The minimum atomic E-state index is -0.757. The number of esters is 1. The van der Waals surface area contributed by atoms with Crippen molar-refractivity contribution in [2.45, 2.75) is 32.6 Å². The highest BCUT2D eigenvalue weighted by Crippen LogP contribution is 2.29. The lowest BCUT2D eigenvalue weighted by atomic mass is 9.98. The first-order chi connectivity index (χ1) is 12.0. The largest absolute Gasteiger partial charge is 0.496 e. The fourth-order valence-electron chi connectivity index (χ4n) is 2.71. The van der Waals surface area contributed by atoms with Crippen LogP contribution in [0.25, 0.3) is 0 Å². The highest BCUT2D eigenvalue weighted by molar-refractivity contribution is 6.31. The molecule has 0 unspecified atom stereocenters. The SMILES string of the molecule is CCOC(=O)/C(C(=O)c1cc(F)c(Cl)cc1OC)=C1\CCCCCN1. The number of hydrogen-bond acceptors (Lipinski definition) is 5. The Bertz CT molecular complexity index is 693. The van der Waals surface area contributed by atoms with Gasteiger partial charge in [0, 0.05) is 18.3 Å². The van der Waals surface area contributed by atoms with E-state index in [1.807, 2.05) is 0 Å². The number of hydrogen-bond donors (Lipinski definition) is 1. The van der Waals surface area contributed by atoms with Crippen LogP contribution in [0.3, 0.4) is 0 Å². The van der Waals surface area contributed by atoms with Crippen LogP contribution in [-0.2, 0) is 9.53 Å². The van der Waals surface area contributed by atoms with Crippen LogP contribution in [0.4, 0.5) is 4.39 Å². The normalized spacial score (nSPS) is 16.5. The molecule has 0 spiro atoms. The second-order valence-electron chi connectivity index (χ2n) is 5.61. The van der Waals surface area contributed by atoms with Gasteiger partial charge < -0.3 is 14.8 Å². The Labute approximate surface area is 151 Å². The topological polar surface area (TPSA) is 64.6 Å². The van der Waals surface area contributed by atoms with Gasteiger partial charge in [-0.05, 0) is 32.3 Å². The van der Waals surface area contributed by atoms with Gasteiger partial charge in [-0.2, -0.15) is 0 Å². The summed E-state index contributed by atoms with van der Waals surface area (Å²) in [5.41, 5.74) is 0.355. The smallest absolute Gasteiger partial charge is 0.343 e. The maximum atomic E-state index is 13.9. The van der Waals surface area contributed by atoms with Crippen molar-refractivity contribution in [2.75, 3.05) is 20.3 Å².